The number of hydrogen-bond acceptors (Lipinski definition) is 6. The smallest absolute Gasteiger partial charge is 0.339 e. The molecular weight excluding hydrogens is 524 g/mol. The van der Waals surface area contributed by atoms with Gasteiger partial charge in [-0.3, -0.25) is 9.80 Å². The lowest BCUT2D eigenvalue weighted by molar-refractivity contribution is 0.0413. The molecule has 42 heavy (non-hydrogen) atoms. The van der Waals surface area contributed by atoms with E-state index in [0.29, 0.717) is 13.2 Å². The van der Waals surface area contributed by atoms with Crippen LogP contribution in [-0.2, 0) is 9.47 Å². The Balaban J connectivity index is 2.61. The zero-order valence-corrected chi connectivity index (χ0v) is 27.8. The number of nitrogens with zero attached hydrogens (tertiary/aromatic N) is 2. The quantitative estimate of drug-likeness (QED) is 0.0719. The molecule has 0 aliphatic heterocycles. The molecule has 6 nitrogen and oxygen atoms in total. The molecule has 1 aromatic rings. The van der Waals surface area contributed by atoms with Gasteiger partial charge < -0.3 is 9.47 Å². The third kappa shape index (κ3) is 18.6. The van der Waals surface area contributed by atoms with Crippen LogP contribution in [0.1, 0.15) is 151 Å². The van der Waals surface area contributed by atoms with Crippen LogP contribution in [0.4, 0.5) is 0 Å². The normalized spacial score (nSPS) is 11.4. The second-order valence-corrected chi connectivity index (χ2v) is 11.7. The van der Waals surface area contributed by atoms with Gasteiger partial charge in [-0.2, -0.15) is 0 Å². The first-order valence-electron chi connectivity index (χ1n) is 17.4. The van der Waals surface area contributed by atoms with Crippen LogP contribution in [-0.4, -0.2) is 74.2 Å². The van der Waals surface area contributed by atoms with Crippen molar-refractivity contribution in [2.24, 2.45) is 0 Å². The van der Waals surface area contributed by atoms with E-state index in [1.54, 1.807) is 24.3 Å². The Morgan fingerprint density at radius 2 is 0.786 bits per heavy atom. The summed E-state index contributed by atoms with van der Waals surface area (Å²) in [5.41, 5.74) is 0.576. The first kappa shape index (κ1) is 38.1. The Bertz CT molecular complexity index is 711. The maximum absolute atomic E-state index is 13.0. The van der Waals surface area contributed by atoms with Crippen LogP contribution in [0.15, 0.2) is 24.3 Å². The molecule has 0 N–H and O–H groups in total. The van der Waals surface area contributed by atoms with Crippen molar-refractivity contribution in [2.75, 3.05) is 52.5 Å². The van der Waals surface area contributed by atoms with Gasteiger partial charge in [-0.1, -0.05) is 117 Å². The molecule has 0 radical (unpaired) electrons. The molecule has 0 aromatic heterocycles. The number of rotatable bonds is 28. The molecular formula is C36H64N2O4. The molecule has 0 heterocycles. The van der Waals surface area contributed by atoms with Crippen LogP contribution in [0.5, 0.6) is 0 Å². The highest BCUT2D eigenvalue weighted by molar-refractivity contribution is 6.03. The molecule has 1 aromatic carbocycles. The van der Waals surface area contributed by atoms with Crippen LogP contribution in [0, 0.1) is 0 Å². The topological polar surface area (TPSA) is 59.1 Å². The number of unbranched alkanes of at least 4 members (excludes halogenated alkanes) is 12. The fourth-order valence-corrected chi connectivity index (χ4v) is 5.25. The molecule has 0 spiro atoms. The lowest BCUT2D eigenvalue weighted by Gasteiger charge is -2.22. The number of hydrogen-bond donors (Lipinski definition) is 0. The number of benzene rings is 1. The van der Waals surface area contributed by atoms with E-state index in [4.69, 9.17) is 9.47 Å². The Morgan fingerprint density at radius 1 is 0.476 bits per heavy atom. The number of carbonyl (C=O) groups is 2. The average molecular weight is 589 g/mol. The molecule has 242 valence electrons. The molecule has 0 aliphatic carbocycles. The highest BCUT2D eigenvalue weighted by Crippen LogP contribution is 2.13. The highest BCUT2D eigenvalue weighted by Gasteiger charge is 2.20. The van der Waals surface area contributed by atoms with E-state index in [1.165, 1.54) is 103 Å². The van der Waals surface area contributed by atoms with Crippen molar-refractivity contribution in [2.45, 2.75) is 130 Å². The molecule has 0 fully saturated rings. The Morgan fingerprint density at radius 3 is 1.07 bits per heavy atom. The van der Waals surface area contributed by atoms with Crippen molar-refractivity contribution in [1.82, 2.24) is 9.80 Å². The van der Waals surface area contributed by atoms with E-state index in [0.717, 1.165) is 39.3 Å². The average Bonchev–Trinajstić information content (AvgIpc) is 3.00. The summed E-state index contributed by atoms with van der Waals surface area (Å²) in [4.78, 5) is 30.9. The lowest BCUT2D eigenvalue weighted by Crippen LogP contribution is -2.31. The Kier molecular flexibility index (Phi) is 24.2. The summed E-state index contributed by atoms with van der Waals surface area (Å²) in [6.45, 7) is 15.2. The minimum Gasteiger partial charge on any atom is -0.461 e. The molecule has 0 saturated carbocycles. The molecule has 0 aliphatic rings. The SMILES string of the molecule is CCCCCCN(CCCCCC)CCOC(=O)c1ccccc1C(=O)OCCN(CCCCCC)CCCCCC. The second-order valence-electron chi connectivity index (χ2n) is 11.7. The molecule has 1 rings (SSSR count). The van der Waals surface area contributed by atoms with Crippen molar-refractivity contribution in [3.8, 4) is 0 Å². The maximum Gasteiger partial charge on any atom is 0.339 e. The highest BCUT2D eigenvalue weighted by atomic mass is 16.5. The summed E-state index contributed by atoms with van der Waals surface area (Å²) < 4.78 is 11.4. The van der Waals surface area contributed by atoms with Crippen molar-refractivity contribution in [1.29, 1.82) is 0 Å². The zero-order chi connectivity index (χ0) is 30.7. The molecule has 0 amide bonds. The Labute approximate surface area is 258 Å². The molecule has 0 atom stereocenters. The van der Waals surface area contributed by atoms with E-state index in [9.17, 15) is 9.59 Å². The minimum atomic E-state index is -0.451. The monoisotopic (exact) mass is 588 g/mol. The second kappa shape index (κ2) is 26.7. The van der Waals surface area contributed by atoms with Crippen LogP contribution >= 0.6 is 0 Å². The fraction of sp³-hybridized carbons (Fsp3) is 0.778. The third-order valence-electron chi connectivity index (χ3n) is 7.96. The van der Waals surface area contributed by atoms with E-state index in [2.05, 4.69) is 37.5 Å². The van der Waals surface area contributed by atoms with E-state index in [1.807, 2.05) is 0 Å². The lowest BCUT2D eigenvalue weighted by atomic mass is 10.1. The first-order valence-corrected chi connectivity index (χ1v) is 17.4. The van der Waals surface area contributed by atoms with Gasteiger partial charge >= 0.3 is 11.9 Å². The number of esters is 2. The minimum absolute atomic E-state index is 0.288. The summed E-state index contributed by atoms with van der Waals surface area (Å²) in [5.74, 6) is -0.902. The maximum atomic E-state index is 13.0. The summed E-state index contributed by atoms with van der Waals surface area (Å²) in [6.07, 6.45) is 19.7. The van der Waals surface area contributed by atoms with Gasteiger partial charge in [-0.15, -0.1) is 0 Å². The van der Waals surface area contributed by atoms with E-state index in [-0.39, 0.29) is 11.1 Å². The van der Waals surface area contributed by atoms with Gasteiger partial charge in [0, 0.05) is 13.1 Å². The van der Waals surface area contributed by atoms with Gasteiger partial charge in [-0.05, 0) is 64.0 Å². The zero-order valence-electron chi connectivity index (χ0n) is 27.8. The van der Waals surface area contributed by atoms with Crippen molar-refractivity contribution < 1.29 is 19.1 Å². The van der Waals surface area contributed by atoms with E-state index >= 15 is 0 Å². The van der Waals surface area contributed by atoms with Gasteiger partial charge in [-0.25, -0.2) is 9.59 Å². The van der Waals surface area contributed by atoms with Crippen LogP contribution in [0.25, 0.3) is 0 Å². The summed E-state index contributed by atoms with van der Waals surface area (Å²) in [5, 5.41) is 0. The van der Waals surface area contributed by atoms with Gasteiger partial charge in [0.25, 0.3) is 0 Å². The molecule has 6 heteroatoms. The largest absolute Gasteiger partial charge is 0.461 e. The van der Waals surface area contributed by atoms with Gasteiger partial charge in [0.1, 0.15) is 13.2 Å². The van der Waals surface area contributed by atoms with Gasteiger partial charge in [0.15, 0.2) is 0 Å². The summed E-state index contributed by atoms with van der Waals surface area (Å²) in [6, 6.07) is 6.88. The fourth-order valence-electron chi connectivity index (χ4n) is 5.25. The van der Waals surface area contributed by atoms with Crippen LogP contribution < -0.4 is 0 Å². The summed E-state index contributed by atoms with van der Waals surface area (Å²) in [7, 11) is 0. The standard InChI is InChI=1S/C36H64N2O4/c1-5-9-13-19-25-37(26-20-14-10-6-2)29-31-41-35(39)33-23-17-18-24-34(33)36(40)42-32-30-38(27-21-15-11-7-3)28-22-16-12-8-4/h17-18,23-24H,5-16,19-22,25-32H2,1-4H3. The van der Waals surface area contributed by atoms with Crippen LogP contribution in [0.3, 0.4) is 0 Å². The van der Waals surface area contributed by atoms with Crippen LogP contribution in [0.2, 0.25) is 0 Å². The third-order valence-corrected chi connectivity index (χ3v) is 7.96. The van der Waals surface area contributed by atoms with Crippen molar-refractivity contribution in [3.05, 3.63) is 35.4 Å². The van der Waals surface area contributed by atoms with Crippen molar-refractivity contribution in [3.63, 3.8) is 0 Å². The predicted molar refractivity (Wildman–Crippen MR) is 176 cm³/mol. The molecule has 0 bridgehead atoms. The van der Waals surface area contributed by atoms with Crippen molar-refractivity contribution >= 4 is 11.9 Å². The van der Waals surface area contributed by atoms with Gasteiger partial charge in [0.05, 0.1) is 11.1 Å². The number of ether oxygens (including phenoxy) is 2. The Hall–Kier alpha value is -1.92. The first-order chi connectivity index (χ1) is 20.6. The van der Waals surface area contributed by atoms with E-state index < -0.39 is 11.9 Å². The van der Waals surface area contributed by atoms with Gasteiger partial charge in [0.2, 0.25) is 0 Å². The number of carbonyl (C=O) groups excluding carboxylic acids is 2. The predicted octanol–water partition coefficient (Wildman–Crippen LogP) is 8.93. The molecule has 0 saturated heterocycles. The summed E-state index contributed by atoms with van der Waals surface area (Å²) >= 11 is 0. The molecule has 0 unspecified atom stereocenters.